The van der Waals surface area contributed by atoms with E-state index in [0.717, 1.165) is 23.9 Å². The average molecular weight is 296 g/mol. The molecule has 0 bridgehead atoms. The van der Waals surface area contributed by atoms with Crippen molar-refractivity contribution in [2.24, 2.45) is 0 Å². The van der Waals surface area contributed by atoms with E-state index in [1.165, 1.54) is 17.5 Å². The lowest BCUT2D eigenvalue weighted by molar-refractivity contribution is 0.518. The number of likely N-dealkylation sites (tertiary alicyclic amines) is 1. The second-order valence-corrected chi connectivity index (χ2v) is 6.03. The van der Waals surface area contributed by atoms with Crippen molar-refractivity contribution in [1.82, 2.24) is 4.90 Å². The van der Waals surface area contributed by atoms with Crippen LogP contribution in [0.1, 0.15) is 23.5 Å². The lowest BCUT2D eigenvalue weighted by Gasteiger charge is -2.20. The Labute approximate surface area is 131 Å². The highest BCUT2D eigenvalue weighted by Crippen LogP contribution is 2.27. The Hall–Kier alpha value is -1.87. The number of thiocarbonyl (C=S) groups is 1. The summed E-state index contributed by atoms with van der Waals surface area (Å²) in [6.07, 6.45) is 1.17. The van der Waals surface area contributed by atoms with Crippen LogP contribution in [0.4, 0.5) is 5.69 Å². The first-order valence-corrected chi connectivity index (χ1v) is 7.81. The van der Waals surface area contributed by atoms with E-state index in [4.69, 9.17) is 12.2 Å². The molecule has 2 aromatic carbocycles. The number of nitrogens with one attached hydrogen (secondary N) is 1. The zero-order valence-electron chi connectivity index (χ0n) is 12.3. The van der Waals surface area contributed by atoms with E-state index in [2.05, 4.69) is 71.7 Å². The van der Waals surface area contributed by atoms with Gasteiger partial charge in [-0.3, -0.25) is 0 Å². The standard InChI is InChI=1S/C18H20N2S/c1-14-7-9-17(10-8-14)19-18(21)20-12-11-16(13-20)15-5-3-2-4-6-15/h2-10,16H,11-13H2,1H3,(H,19,21)/t16-/m0/s1. The predicted molar refractivity (Wildman–Crippen MR) is 92.8 cm³/mol. The summed E-state index contributed by atoms with van der Waals surface area (Å²) in [6, 6.07) is 19.1. The first-order chi connectivity index (χ1) is 10.2. The molecule has 0 radical (unpaired) electrons. The van der Waals surface area contributed by atoms with E-state index in [0.29, 0.717) is 5.92 Å². The smallest absolute Gasteiger partial charge is 0.173 e. The summed E-state index contributed by atoms with van der Waals surface area (Å²) in [4.78, 5) is 2.27. The van der Waals surface area contributed by atoms with Crippen LogP contribution in [0.5, 0.6) is 0 Å². The van der Waals surface area contributed by atoms with Gasteiger partial charge in [-0.05, 0) is 43.3 Å². The third-order valence-corrected chi connectivity index (χ3v) is 4.41. The highest BCUT2D eigenvalue weighted by atomic mass is 32.1. The molecule has 2 aromatic rings. The van der Waals surface area contributed by atoms with Gasteiger partial charge in [0.1, 0.15) is 0 Å². The molecule has 0 unspecified atom stereocenters. The molecule has 1 aliphatic heterocycles. The summed E-state index contributed by atoms with van der Waals surface area (Å²) in [7, 11) is 0. The minimum atomic E-state index is 0.587. The molecule has 3 heteroatoms. The van der Waals surface area contributed by atoms with Crippen molar-refractivity contribution < 1.29 is 0 Å². The largest absolute Gasteiger partial charge is 0.348 e. The van der Waals surface area contributed by atoms with Crippen molar-refractivity contribution in [3.05, 3.63) is 65.7 Å². The number of benzene rings is 2. The van der Waals surface area contributed by atoms with E-state index < -0.39 is 0 Å². The Morgan fingerprint density at radius 1 is 1.10 bits per heavy atom. The van der Waals surface area contributed by atoms with Crippen LogP contribution in [0.15, 0.2) is 54.6 Å². The molecule has 1 atom stereocenters. The second kappa shape index (κ2) is 6.27. The maximum absolute atomic E-state index is 5.55. The normalized spacial score (nSPS) is 17.8. The molecule has 0 amide bonds. The van der Waals surface area contributed by atoms with E-state index in [1.807, 2.05) is 0 Å². The Morgan fingerprint density at radius 2 is 1.81 bits per heavy atom. The third-order valence-electron chi connectivity index (χ3n) is 4.05. The molecule has 21 heavy (non-hydrogen) atoms. The van der Waals surface area contributed by atoms with Crippen molar-refractivity contribution in [1.29, 1.82) is 0 Å². The zero-order valence-corrected chi connectivity index (χ0v) is 13.1. The predicted octanol–water partition coefficient (Wildman–Crippen LogP) is 4.18. The van der Waals surface area contributed by atoms with Crippen LogP contribution in [-0.4, -0.2) is 23.1 Å². The maximum Gasteiger partial charge on any atom is 0.173 e. The van der Waals surface area contributed by atoms with Gasteiger partial charge in [-0.1, -0.05) is 48.0 Å². The Morgan fingerprint density at radius 3 is 2.52 bits per heavy atom. The Bertz CT molecular complexity index is 607. The first kappa shape index (κ1) is 14.1. The summed E-state index contributed by atoms with van der Waals surface area (Å²) in [6.45, 7) is 4.12. The van der Waals surface area contributed by atoms with Crippen molar-refractivity contribution in [3.63, 3.8) is 0 Å². The Kier molecular flexibility index (Phi) is 4.20. The SMILES string of the molecule is Cc1ccc(NC(=S)N2CC[C@H](c3ccccc3)C2)cc1. The number of nitrogens with zero attached hydrogens (tertiary/aromatic N) is 1. The molecule has 1 heterocycles. The molecule has 1 saturated heterocycles. The summed E-state index contributed by atoms with van der Waals surface area (Å²) in [5.74, 6) is 0.587. The summed E-state index contributed by atoms with van der Waals surface area (Å²) >= 11 is 5.55. The molecular formula is C18H20N2S. The number of hydrogen-bond acceptors (Lipinski definition) is 1. The first-order valence-electron chi connectivity index (χ1n) is 7.40. The van der Waals surface area contributed by atoms with Crippen molar-refractivity contribution in [3.8, 4) is 0 Å². The summed E-state index contributed by atoms with van der Waals surface area (Å²) < 4.78 is 0. The number of rotatable bonds is 2. The van der Waals surface area contributed by atoms with Crippen LogP contribution in [-0.2, 0) is 0 Å². The van der Waals surface area contributed by atoms with E-state index in [-0.39, 0.29) is 0 Å². The monoisotopic (exact) mass is 296 g/mol. The molecule has 2 nitrogen and oxygen atoms in total. The quantitative estimate of drug-likeness (QED) is 0.837. The number of aryl methyl sites for hydroxylation is 1. The number of anilines is 1. The van der Waals surface area contributed by atoms with E-state index >= 15 is 0 Å². The van der Waals surface area contributed by atoms with Crippen LogP contribution in [0, 0.1) is 6.92 Å². The van der Waals surface area contributed by atoms with Gasteiger partial charge in [0.2, 0.25) is 0 Å². The summed E-state index contributed by atoms with van der Waals surface area (Å²) in [5.41, 5.74) is 3.74. The number of hydrogen-bond donors (Lipinski definition) is 1. The van der Waals surface area contributed by atoms with E-state index in [1.54, 1.807) is 0 Å². The molecular weight excluding hydrogens is 276 g/mol. The lowest BCUT2D eigenvalue weighted by Crippen LogP contribution is -2.32. The fraction of sp³-hybridized carbons (Fsp3) is 0.278. The molecule has 0 aliphatic carbocycles. The maximum atomic E-state index is 5.55. The molecule has 1 fully saturated rings. The highest BCUT2D eigenvalue weighted by molar-refractivity contribution is 7.80. The minimum Gasteiger partial charge on any atom is -0.348 e. The molecule has 0 aromatic heterocycles. The van der Waals surface area contributed by atoms with Crippen molar-refractivity contribution in [2.75, 3.05) is 18.4 Å². The van der Waals surface area contributed by atoms with Gasteiger partial charge in [0.15, 0.2) is 5.11 Å². The van der Waals surface area contributed by atoms with Gasteiger partial charge >= 0.3 is 0 Å². The fourth-order valence-corrected chi connectivity index (χ4v) is 3.07. The van der Waals surface area contributed by atoms with Gasteiger partial charge in [0.05, 0.1) is 0 Å². The van der Waals surface area contributed by atoms with Gasteiger partial charge in [0, 0.05) is 24.7 Å². The van der Waals surface area contributed by atoms with Crippen LogP contribution in [0.25, 0.3) is 0 Å². The lowest BCUT2D eigenvalue weighted by atomic mass is 9.99. The Balaban J connectivity index is 1.61. The van der Waals surface area contributed by atoms with Gasteiger partial charge in [-0.2, -0.15) is 0 Å². The average Bonchev–Trinajstić information content (AvgIpc) is 3.00. The zero-order chi connectivity index (χ0) is 14.7. The van der Waals surface area contributed by atoms with Crippen molar-refractivity contribution in [2.45, 2.75) is 19.3 Å². The molecule has 1 aliphatic rings. The summed E-state index contributed by atoms with van der Waals surface area (Å²) in [5, 5.41) is 4.17. The topological polar surface area (TPSA) is 15.3 Å². The van der Waals surface area contributed by atoms with Crippen molar-refractivity contribution >= 4 is 23.0 Å². The van der Waals surface area contributed by atoms with Gasteiger partial charge in [-0.15, -0.1) is 0 Å². The molecule has 3 rings (SSSR count). The molecule has 0 saturated carbocycles. The van der Waals surface area contributed by atoms with Gasteiger partial charge in [0.25, 0.3) is 0 Å². The second-order valence-electron chi connectivity index (χ2n) is 5.64. The van der Waals surface area contributed by atoms with Crippen LogP contribution in [0.2, 0.25) is 0 Å². The van der Waals surface area contributed by atoms with Gasteiger partial charge < -0.3 is 10.2 Å². The fourth-order valence-electron chi connectivity index (χ4n) is 2.78. The van der Waals surface area contributed by atoms with Gasteiger partial charge in [-0.25, -0.2) is 0 Å². The van der Waals surface area contributed by atoms with Crippen LogP contribution in [0.3, 0.4) is 0 Å². The minimum absolute atomic E-state index is 0.587. The molecule has 0 spiro atoms. The highest BCUT2D eigenvalue weighted by Gasteiger charge is 2.25. The molecule has 108 valence electrons. The van der Waals surface area contributed by atoms with Crippen LogP contribution < -0.4 is 5.32 Å². The molecule has 1 N–H and O–H groups in total. The third kappa shape index (κ3) is 3.42. The van der Waals surface area contributed by atoms with Crippen LogP contribution >= 0.6 is 12.2 Å². The van der Waals surface area contributed by atoms with E-state index in [9.17, 15) is 0 Å².